The molecule has 0 aliphatic heterocycles. The highest BCUT2D eigenvalue weighted by Gasteiger charge is 2.37. The van der Waals surface area contributed by atoms with Gasteiger partial charge in [0.15, 0.2) is 0 Å². The van der Waals surface area contributed by atoms with Gasteiger partial charge in [-0.05, 0) is 41.1 Å². The average Bonchev–Trinajstić information content (AvgIpc) is 3.23. The first-order valence-corrected chi connectivity index (χ1v) is 7.07. The lowest BCUT2D eigenvalue weighted by Gasteiger charge is -2.05. The summed E-state index contributed by atoms with van der Waals surface area (Å²) in [6.45, 7) is 2.87. The van der Waals surface area contributed by atoms with Crippen LogP contribution in [0.2, 0.25) is 0 Å². The summed E-state index contributed by atoms with van der Waals surface area (Å²) < 4.78 is 5.04. The van der Waals surface area contributed by atoms with Crippen molar-refractivity contribution in [2.24, 2.45) is 5.92 Å². The van der Waals surface area contributed by atoms with Crippen molar-refractivity contribution < 1.29 is 4.74 Å². The van der Waals surface area contributed by atoms with Crippen LogP contribution in [0.3, 0.4) is 0 Å². The normalized spacial score (nSPS) is 21.7. The topological polar surface area (TPSA) is 21.3 Å². The zero-order valence-corrected chi connectivity index (χ0v) is 11.4. The van der Waals surface area contributed by atoms with Gasteiger partial charge in [-0.1, -0.05) is 42.5 Å². The first-order chi connectivity index (χ1) is 9.38. The molecule has 1 saturated carbocycles. The Bertz CT molecular complexity index is 552. The molecule has 1 aliphatic carbocycles. The lowest BCUT2D eigenvalue weighted by molar-refractivity contribution is 0.199. The summed E-state index contributed by atoms with van der Waals surface area (Å²) >= 11 is 0. The van der Waals surface area contributed by atoms with Crippen molar-refractivity contribution in [2.45, 2.75) is 12.3 Å². The number of hydrogen-bond donors (Lipinski definition) is 1. The highest BCUT2D eigenvalue weighted by molar-refractivity contribution is 5.83. The molecule has 2 aromatic carbocycles. The van der Waals surface area contributed by atoms with Gasteiger partial charge in [0.25, 0.3) is 0 Å². The quantitative estimate of drug-likeness (QED) is 0.800. The molecule has 0 heterocycles. The predicted octanol–water partition coefficient (Wildman–Crippen LogP) is 3.18. The molecule has 2 unspecified atom stereocenters. The van der Waals surface area contributed by atoms with E-state index in [1.807, 2.05) is 0 Å². The van der Waals surface area contributed by atoms with E-state index in [9.17, 15) is 0 Å². The van der Waals surface area contributed by atoms with E-state index in [-0.39, 0.29) is 0 Å². The van der Waals surface area contributed by atoms with E-state index in [1.165, 1.54) is 22.8 Å². The fourth-order valence-electron chi connectivity index (χ4n) is 2.78. The van der Waals surface area contributed by atoms with Gasteiger partial charge in [0.2, 0.25) is 0 Å². The van der Waals surface area contributed by atoms with E-state index in [1.54, 1.807) is 7.11 Å². The van der Waals surface area contributed by atoms with Crippen molar-refractivity contribution in [2.75, 3.05) is 26.8 Å². The van der Waals surface area contributed by atoms with Crippen molar-refractivity contribution in [1.29, 1.82) is 0 Å². The number of benzene rings is 2. The minimum absolute atomic E-state index is 0.750. The van der Waals surface area contributed by atoms with Crippen LogP contribution in [-0.4, -0.2) is 26.8 Å². The number of fused-ring (bicyclic) bond motifs is 1. The molecule has 1 aliphatic rings. The summed E-state index contributed by atoms with van der Waals surface area (Å²) in [4.78, 5) is 0. The van der Waals surface area contributed by atoms with Crippen molar-refractivity contribution >= 4 is 10.8 Å². The van der Waals surface area contributed by atoms with Gasteiger partial charge in [0.1, 0.15) is 0 Å². The van der Waals surface area contributed by atoms with Gasteiger partial charge in [-0.3, -0.25) is 0 Å². The second-order valence-corrected chi connectivity index (χ2v) is 5.41. The van der Waals surface area contributed by atoms with E-state index in [2.05, 4.69) is 47.8 Å². The first-order valence-electron chi connectivity index (χ1n) is 7.07. The molecular formula is C17H21NO. The van der Waals surface area contributed by atoms with Gasteiger partial charge in [-0.15, -0.1) is 0 Å². The van der Waals surface area contributed by atoms with Crippen LogP contribution in [-0.2, 0) is 4.74 Å². The lowest BCUT2D eigenvalue weighted by atomic mass is 10.0. The van der Waals surface area contributed by atoms with Crippen LogP contribution in [0.5, 0.6) is 0 Å². The minimum atomic E-state index is 0.750. The zero-order valence-electron chi connectivity index (χ0n) is 11.4. The predicted molar refractivity (Wildman–Crippen MR) is 79.5 cm³/mol. The van der Waals surface area contributed by atoms with Crippen LogP contribution in [0.1, 0.15) is 17.9 Å². The largest absolute Gasteiger partial charge is 0.383 e. The Morgan fingerprint density at radius 3 is 2.84 bits per heavy atom. The molecule has 2 atom stereocenters. The molecule has 1 fully saturated rings. The Kier molecular flexibility index (Phi) is 3.81. The van der Waals surface area contributed by atoms with Crippen LogP contribution in [0.15, 0.2) is 42.5 Å². The van der Waals surface area contributed by atoms with Crippen molar-refractivity contribution in [3.63, 3.8) is 0 Å². The molecule has 0 radical (unpaired) electrons. The zero-order chi connectivity index (χ0) is 13.1. The molecule has 19 heavy (non-hydrogen) atoms. The van der Waals surface area contributed by atoms with E-state index in [0.29, 0.717) is 0 Å². The van der Waals surface area contributed by atoms with Crippen molar-refractivity contribution in [1.82, 2.24) is 5.32 Å². The summed E-state index contributed by atoms with van der Waals surface area (Å²) in [5, 5.41) is 6.15. The van der Waals surface area contributed by atoms with Gasteiger partial charge in [0.05, 0.1) is 6.61 Å². The van der Waals surface area contributed by atoms with Crippen molar-refractivity contribution in [3.8, 4) is 0 Å². The summed E-state index contributed by atoms with van der Waals surface area (Å²) in [7, 11) is 1.75. The highest BCUT2D eigenvalue weighted by Crippen LogP contribution is 2.47. The SMILES string of the molecule is COCCNCC1CC1c1ccc2ccccc2c1. The molecule has 3 rings (SSSR count). The molecule has 0 spiro atoms. The van der Waals surface area contributed by atoms with E-state index in [4.69, 9.17) is 4.74 Å². The standard InChI is InChI=1S/C17H21NO/c1-19-9-8-18-12-16-11-17(16)15-7-6-13-4-2-3-5-14(13)10-15/h2-7,10,16-18H,8-9,11-12H2,1H3. The van der Waals surface area contributed by atoms with Gasteiger partial charge in [-0.25, -0.2) is 0 Å². The van der Waals surface area contributed by atoms with E-state index in [0.717, 1.165) is 31.5 Å². The molecule has 0 saturated heterocycles. The van der Waals surface area contributed by atoms with E-state index < -0.39 is 0 Å². The highest BCUT2D eigenvalue weighted by atomic mass is 16.5. The summed E-state index contributed by atoms with van der Waals surface area (Å²) in [6, 6.07) is 15.5. The minimum Gasteiger partial charge on any atom is -0.383 e. The Hall–Kier alpha value is -1.38. The Labute approximate surface area is 114 Å². The second kappa shape index (κ2) is 5.72. The van der Waals surface area contributed by atoms with Gasteiger partial charge in [0, 0.05) is 13.7 Å². The number of hydrogen-bond acceptors (Lipinski definition) is 2. The Morgan fingerprint density at radius 2 is 2.00 bits per heavy atom. The molecule has 2 heteroatoms. The fourth-order valence-corrected chi connectivity index (χ4v) is 2.78. The van der Waals surface area contributed by atoms with Crippen LogP contribution < -0.4 is 5.32 Å². The number of nitrogens with one attached hydrogen (secondary N) is 1. The molecule has 2 aromatic rings. The third-order valence-corrected chi connectivity index (χ3v) is 4.01. The fraction of sp³-hybridized carbons (Fsp3) is 0.412. The molecule has 2 nitrogen and oxygen atoms in total. The number of methoxy groups -OCH3 is 1. The second-order valence-electron chi connectivity index (χ2n) is 5.41. The Balaban J connectivity index is 1.60. The molecule has 0 amide bonds. The summed E-state index contributed by atoms with van der Waals surface area (Å²) in [6.07, 6.45) is 1.32. The summed E-state index contributed by atoms with van der Waals surface area (Å²) in [5.74, 6) is 1.55. The smallest absolute Gasteiger partial charge is 0.0587 e. The third kappa shape index (κ3) is 2.96. The van der Waals surface area contributed by atoms with E-state index >= 15 is 0 Å². The Morgan fingerprint density at radius 1 is 1.16 bits per heavy atom. The summed E-state index contributed by atoms with van der Waals surface area (Å²) in [5.41, 5.74) is 1.50. The van der Waals surface area contributed by atoms with Crippen molar-refractivity contribution in [3.05, 3.63) is 48.0 Å². The molecule has 1 N–H and O–H groups in total. The maximum Gasteiger partial charge on any atom is 0.0587 e. The van der Waals surface area contributed by atoms with Crippen LogP contribution in [0.4, 0.5) is 0 Å². The maximum atomic E-state index is 5.04. The average molecular weight is 255 g/mol. The molecule has 100 valence electrons. The van der Waals surface area contributed by atoms with Gasteiger partial charge < -0.3 is 10.1 Å². The first kappa shape index (κ1) is 12.6. The number of rotatable bonds is 6. The third-order valence-electron chi connectivity index (χ3n) is 4.01. The lowest BCUT2D eigenvalue weighted by Crippen LogP contribution is -2.21. The molecule has 0 bridgehead atoms. The number of ether oxygens (including phenoxy) is 1. The van der Waals surface area contributed by atoms with Gasteiger partial charge in [-0.2, -0.15) is 0 Å². The maximum absolute atomic E-state index is 5.04. The van der Waals surface area contributed by atoms with Gasteiger partial charge >= 0.3 is 0 Å². The van der Waals surface area contributed by atoms with Crippen LogP contribution in [0.25, 0.3) is 10.8 Å². The molecule has 0 aromatic heterocycles. The van der Waals surface area contributed by atoms with Crippen LogP contribution in [0, 0.1) is 5.92 Å². The van der Waals surface area contributed by atoms with Crippen LogP contribution >= 0.6 is 0 Å². The monoisotopic (exact) mass is 255 g/mol. The molecular weight excluding hydrogens is 234 g/mol.